The van der Waals surface area contributed by atoms with E-state index in [1.165, 1.54) is 0 Å². The molecule has 0 bridgehead atoms. The molecule has 6 nitrogen and oxygen atoms in total. The average Bonchev–Trinajstić information content (AvgIpc) is 2.60. The van der Waals surface area contributed by atoms with Gasteiger partial charge in [0, 0.05) is 22.7 Å². The summed E-state index contributed by atoms with van der Waals surface area (Å²) in [5.41, 5.74) is 6.12. The van der Waals surface area contributed by atoms with Crippen LogP contribution in [0, 0.1) is 0 Å². The SMILES string of the molecule is NC(=O)c1cccc(NC(=S)NC(=O)CCCOc2ccc(Cl)cc2Cl)c1. The number of amides is 2. The number of carbonyl (C=O) groups excluding carboxylic acids is 2. The summed E-state index contributed by atoms with van der Waals surface area (Å²) in [5.74, 6) is -0.299. The number of carbonyl (C=O) groups is 2. The minimum Gasteiger partial charge on any atom is -0.492 e. The van der Waals surface area contributed by atoms with Crippen LogP contribution >= 0.6 is 35.4 Å². The van der Waals surface area contributed by atoms with Gasteiger partial charge in [0.15, 0.2) is 5.11 Å². The van der Waals surface area contributed by atoms with E-state index in [1.807, 2.05) is 0 Å². The quantitative estimate of drug-likeness (QED) is 0.463. The lowest BCUT2D eigenvalue weighted by Gasteiger charge is -2.11. The summed E-state index contributed by atoms with van der Waals surface area (Å²) in [5, 5.41) is 6.45. The Bertz CT molecular complexity index is 861. The zero-order chi connectivity index (χ0) is 19.8. The van der Waals surface area contributed by atoms with Gasteiger partial charge < -0.3 is 21.1 Å². The second-order valence-corrected chi connectivity index (χ2v) is 6.73. The molecule has 27 heavy (non-hydrogen) atoms. The molecule has 0 aromatic heterocycles. The number of halogens is 2. The Hall–Kier alpha value is -2.35. The van der Waals surface area contributed by atoms with Crippen molar-refractivity contribution in [1.29, 1.82) is 0 Å². The first-order valence-corrected chi connectivity index (χ1v) is 9.10. The van der Waals surface area contributed by atoms with Crippen LogP contribution in [-0.4, -0.2) is 23.5 Å². The zero-order valence-electron chi connectivity index (χ0n) is 14.1. The first kappa shape index (κ1) is 21.0. The highest BCUT2D eigenvalue weighted by atomic mass is 35.5. The first-order valence-electron chi connectivity index (χ1n) is 7.93. The largest absolute Gasteiger partial charge is 0.492 e. The van der Waals surface area contributed by atoms with Crippen LogP contribution < -0.4 is 21.1 Å². The molecule has 4 N–H and O–H groups in total. The highest BCUT2D eigenvalue weighted by molar-refractivity contribution is 7.80. The predicted octanol–water partition coefficient (Wildman–Crippen LogP) is 3.76. The summed E-state index contributed by atoms with van der Waals surface area (Å²) in [7, 11) is 0. The standard InChI is InChI=1S/C18H17Cl2N3O3S/c19-12-6-7-15(14(20)10-12)26-8-2-5-16(24)23-18(27)22-13-4-1-3-11(9-13)17(21)25/h1,3-4,6-7,9-10H,2,5,8H2,(H2,21,25)(H2,22,23,24,27). The van der Waals surface area contributed by atoms with Gasteiger partial charge in [0.2, 0.25) is 11.8 Å². The van der Waals surface area contributed by atoms with Crippen molar-refractivity contribution < 1.29 is 14.3 Å². The summed E-state index contributed by atoms with van der Waals surface area (Å²) in [6, 6.07) is 11.4. The highest BCUT2D eigenvalue weighted by Gasteiger charge is 2.07. The third-order valence-corrected chi connectivity index (χ3v) is 4.09. The van der Waals surface area contributed by atoms with Crippen molar-refractivity contribution in [3.63, 3.8) is 0 Å². The van der Waals surface area contributed by atoms with E-state index in [4.69, 9.17) is 45.9 Å². The lowest BCUT2D eigenvalue weighted by atomic mass is 10.2. The van der Waals surface area contributed by atoms with E-state index < -0.39 is 5.91 Å². The second kappa shape index (κ2) is 10.1. The first-order chi connectivity index (χ1) is 12.8. The summed E-state index contributed by atoms with van der Waals surface area (Å²) in [6.07, 6.45) is 0.693. The predicted molar refractivity (Wildman–Crippen MR) is 111 cm³/mol. The van der Waals surface area contributed by atoms with Gasteiger partial charge in [0.05, 0.1) is 11.6 Å². The van der Waals surface area contributed by atoms with Crippen LogP contribution in [0.4, 0.5) is 5.69 Å². The number of nitrogens with one attached hydrogen (secondary N) is 2. The van der Waals surface area contributed by atoms with Gasteiger partial charge in [-0.15, -0.1) is 0 Å². The molecule has 0 radical (unpaired) electrons. The number of thiocarbonyl (C=S) groups is 1. The molecule has 0 saturated carbocycles. The number of hydrogen-bond acceptors (Lipinski definition) is 4. The van der Waals surface area contributed by atoms with Crippen LogP contribution in [0.5, 0.6) is 5.75 Å². The van der Waals surface area contributed by atoms with Crippen LogP contribution in [0.2, 0.25) is 10.0 Å². The van der Waals surface area contributed by atoms with Crippen LogP contribution in [0.3, 0.4) is 0 Å². The van der Waals surface area contributed by atoms with Crippen molar-refractivity contribution in [2.24, 2.45) is 5.73 Å². The fourth-order valence-corrected chi connectivity index (χ4v) is 2.80. The van der Waals surface area contributed by atoms with Crippen molar-refractivity contribution in [1.82, 2.24) is 5.32 Å². The van der Waals surface area contributed by atoms with E-state index in [0.29, 0.717) is 40.1 Å². The molecule has 9 heteroatoms. The maximum atomic E-state index is 11.9. The van der Waals surface area contributed by atoms with Crippen LogP contribution in [0.25, 0.3) is 0 Å². The molecular weight excluding hydrogens is 409 g/mol. The fraction of sp³-hybridized carbons (Fsp3) is 0.167. The normalized spacial score (nSPS) is 10.1. The summed E-state index contributed by atoms with van der Waals surface area (Å²) in [4.78, 5) is 23.1. The van der Waals surface area contributed by atoms with E-state index >= 15 is 0 Å². The maximum Gasteiger partial charge on any atom is 0.248 e. The average molecular weight is 426 g/mol. The van der Waals surface area contributed by atoms with E-state index in [2.05, 4.69) is 10.6 Å². The smallest absolute Gasteiger partial charge is 0.248 e. The number of ether oxygens (including phenoxy) is 1. The molecule has 0 spiro atoms. The monoisotopic (exact) mass is 425 g/mol. The summed E-state index contributed by atoms with van der Waals surface area (Å²) >= 11 is 16.9. The number of rotatable bonds is 7. The van der Waals surface area contributed by atoms with E-state index in [-0.39, 0.29) is 17.4 Å². The number of nitrogens with two attached hydrogens (primary N) is 1. The number of anilines is 1. The van der Waals surface area contributed by atoms with Crippen molar-refractivity contribution >= 4 is 58.0 Å². The number of primary amides is 1. The molecule has 2 rings (SSSR count). The molecule has 0 fully saturated rings. The van der Waals surface area contributed by atoms with E-state index in [1.54, 1.807) is 42.5 Å². The second-order valence-electron chi connectivity index (χ2n) is 5.47. The van der Waals surface area contributed by atoms with Gasteiger partial charge in [0.25, 0.3) is 0 Å². The molecule has 2 amide bonds. The Morgan fingerprint density at radius 1 is 1.15 bits per heavy atom. The molecule has 2 aromatic carbocycles. The summed E-state index contributed by atoms with van der Waals surface area (Å²) < 4.78 is 5.52. The van der Waals surface area contributed by atoms with Gasteiger partial charge in [-0.3, -0.25) is 9.59 Å². The van der Waals surface area contributed by atoms with Gasteiger partial charge >= 0.3 is 0 Å². The molecule has 0 aliphatic rings. The van der Waals surface area contributed by atoms with E-state index in [9.17, 15) is 9.59 Å². The minimum absolute atomic E-state index is 0.128. The Morgan fingerprint density at radius 2 is 1.93 bits per heavy atom. The third kappa shape index (κ3) is 7.05. The third-order valence-electron chi connectivity index (χ3n) is 3.36. The number of benzene rings is 2. The molecule has 0 unspecified atom stereocenters. The molecule has 0 saturated heterocycles. The van der Waals surface area contributed by atoms with Crippen molar-refractivity contribution in [2.75, 3.05) is 11.9 Å². The molecule has 0 heterocycles. The molecular formula is C18H17Cl2N3O3S. The van der Waals surface area contributed by atoms with E-state index in [0.717, 1.165) is 0 Å². The van der Waals surface area contributed by atoms with Gasteiger partial charge in [0.1, 0.15) is 5.75 Å². The van der Waals surface area contributed by atoms with Crippen LogP contribution in [0.15, 0.2) is 42.5 Å². The topological polar surface area (TPSA) is 93.5 Å². The molecule has 2 aromatic rings. The lowest BCUT2D eigenvalue weighted by molar-refractivity contribution is -0.119. The van der Waals surface area contributed by atoms with Crippen molar-refractivity contribution in [2.45, 2.75) is 12.8 Å². The highest BCUT2D eigenvalue weighted by Crippen LogP contribution is 2.27. The Labute approximate surface area is 172 Å². The maximum absolute atomic E-state index is 11.9. The Morgan fingerprint density at radius 3 is 2.63 bits per heavy atom. The number of hydrogen-bond donors (Lipinski definition) is 3. The molecule has 0 atom stereocenters. The van der Waals surface area contributed by atoms with Gasteiger partial charge in [-0.05, 0) is 55.0 Å². The van der Waals surface area contributed by atoms with Crippen LogP contribution in [0.1, 0.15) is 23.2 Å². The van der Waals surface area contributed by atoms with Crippen molar-refractivity contribution in [3.8, 4) is 5.75 Å². The van der Waals surface area contributed by atoms with Crippen LogP contribution in [-0.2, 0) is 4.79 Å². The summed E-state index contributed by atoms with van der Waals surface area (Å²) in [6.45, 7) is 0.315. The Kier molecular flexibility index (Phi) is 7.84. The Balaban J connectivity index is 1.72. The molecule has 0 aliphatic carbocycles. The van der Waals surface area contributed by atoms with Gasteiger partial charge in [-0.1, -0.05) is 29.3 Å². The minimum atomic E-state index is -0.547. The zero-order valence-corrected chi connectivity index (χ0v) is 16.5. The molecule has 0 aliphatic heterocycles. The van der Waals surface area contributed by atoms with Gasteiger partial charge in [-0.2, -0.15) is 0 Å². The van der Waals surface area contributed by atoms with Crippen molar-refractivity contribution in [3.05, 3.63) is 58.1 Å². The van der Waals surface area contributed by atoms with Gasteiger partial charge in [-0.25, -0.2) is 0 Å². The fourth-order valence-electron chi connectivity index (χ4n) is 2.11. The lowest BCUT2D eigenvalue weighted by Crippen LogP contribution is -2.34. The molecule has 142 valence electrons.